The quantitative estimate of drug-likeness (QED) is 0.188. The Balaban J connectivity index is 0.00000206. The van der Waals surface area contributed by atoms with Crippen molar-refractivity contribution in [2.24, 2.45) is 0 Å². The average molecular weight is 603 g/mol. The summed E-state index contributed by atoms with van der Waals surface area (Å²) < 4.78 is 12.3. The van der Waals surface area contributed by atoms with Gasteiger partial charge >= 0.3 is 0 Å². The molecule has 3 nitrogen and oxygen atoms in total. The maximum atomic E-state index is 6.20. The molecule has 33 heavy (non-hydrogen) atoms. The second kappa shape index (κ2) is 7.70. The SMILES string of the molecule is [Ir].[c-]1ccc(-c2ccc3oc4cc5c(cc4c3c2)oc2ccccc25)cc1-c1ccccn1. The van der Waals surface area contributed by atoms with Crippen LogP contribution in [0.1, 0.15) is 0 Å². The molecule has 0 aliphatic heterocycles. The molecule has 0 spiro atoms. The summed E-state index contributed by atoms with van der Waals surface area (Å²) in [6, 6.07) is 34.0. The van der Waals surface area contributed by atoms with E-state index in [1.165, 1.54) is 0 Å². The van der Waals surface area contributed by atoms with E-state index >= 15 is 0 Å². The first-order chi connectivity index (χ1) is 15.8. The predicted octanol–water partition coefficient (Wildman–Crippen LogP) is 8.01. The zero-order valence-electron chi connectivity index (χ0n) is 17.3. The van der Waals surface area contributed by atoms with Crippen molar-refractivity contribution in [1.29, 1.82) is 0 Å². The van der Waals surface area contributed by atoms with E-state index in [0.29, 0.717) is 0 Å². The first-order valence-electron chi connectivity index (χ1n) is 10.5. The van der Waals surface area contributed by atoms with Crippen LogP contribution in [-0.2, 0) is 20.1 Å². The second-order valence-corrected chi connectivity index (χ2v) is 7.96. The zero-order valence-corrected chi connectivity index (χ0v) is 19.7. The zero-order chi connectivity index (χ0) is 21.1. The number of aromatic nitrogens is 1. The minimum atomic E-state index is 0. The molecule has 7 rings (SSSR count). The molecule has 0 atom stereocenters. The second-order valence-electron chi connectivity index (χ2n) is 7.96. The minimum absolute atomic E-state index is 0. The third-order valence-corrected chi connectivity index (χ3v) is 6.04. The molecule has 159 valence electrons. The van der Waals surface area contributed by atoms with Gasteiger partial charge in [-0.2, -0.15) is 0 Å². The molecule has 1 radical (unpaired) electrons. The Morgan fingerprint density at radius 2 is 1.27 bits per heavy atom. The molecule has 0 fully saturated rings. The first kappa shape index (κ1) is 19.9. The van der Waals surface area contributed by atoms with Gasteiger partial charge in [0.15, 0.2) is 0 Å². The van der Waals surface area contributed by atoms with Crippen LogP contribution in [0.15, 0.2) is 106 Å². The molecule has 0 saturated carbocycles. The van der Waals surface area contributed by atoms with Crippen molar-refractivity contribution >= 4 is 43.9 Å². The molecule has 7 aromatic rings. The largest absolute Gasteiger partial charge is 0.456 e. The Labute approximate surface area is 203 Å². The van der Waals surface area contributed by atoms with Gasteiger partial charge in [0.25, 0.3) is 0 Å². The van der Waals surface area contributed by atoms with Gasteiger partial charge in [0, 0.05) is 47.8 Å². The van der Waals surface area contributed by atoms with Gasteiger partial charge in [-0.25, -0.2) is 0 Å². The third kappa shape index (κ3) is 3.19. The number of hydrogen-bond donors (Lipinski definition) is 0. The summed E-state index contributed by atoms with van der Waals surface area (Å²) in [4.78, 5) is 4.46. The van der Waals surface area contributed by atoms with Crippen molar-refractivity contribution in [1.82, 2.24) is 4.98 Å². The van der Waals surface area contributed by atoms with Gasteiger partial charge in [-0.3, -0.25) is 0 Å². The molecule has 0 saturated heterocycles. The van der Waals surface area contributed by atoms with Crippen molar-refractivity contribution < 1.29 is 28.9 Å². The van der Waals surface area contributed by atoms with Crippen LogP contribution in [0.5, 0.6) is 0 Å². The van der Waals surface area contributed by atoms with Crippen molar-refractivity contribution in [3.05, 3.63) is 103 Å². The molecule has 0 N–H and O–H groups in total. The van der Waals surface area contributed by atoms with Crippen molar-refractivity contribution in [2.75, 3.05) is 0 Å². The number of benzene rings is 4. The molecular weight excluding hydrogens is 587 g/mol. The van der Waals surface area contributed by atoms with Gasteiger partial charge in [-0.1, -0.05) is 36.4 Å². The summed E-state index contributed by atoms with van der Waals surface area (Å²) in [7, 11) is 0. The number of hydrogen-bond acceptors (Lipinski definition) is 3. The van der Waals surface area contributed by atoms with E-state index in [0.717, 1.165) is 66.3 Å². The molecule has 0 unspecified atom stereocenters. The molecule has 4 aromatic carbocycles. The average Bonchev–Trinajstić information content (AvgIpc) is 3.40. The van der Waals surface area contributed by atoms with E-state index in [-0.39, 0.29) is 20.1 Å². The van der Waals surface area contributed by atoms with Crippen molar-refractivity contribution in [3.8, 4) is 22.4 Å². The van der Waals surface area contributed by atoms with E-state index in [4.69, 9.17) is 8.83 Å². The van der Waals surface area contributed by atoms with Gasteiger partial charge in [0.1, 0.15) is 22.3 Å². The van der Waals surface area contributed by atoms with Crippen LogP contribution in [0.2, 0.25) is 0 Å². The Hall–Kier alpha value is -3.72. The molecule has 0 aliphatic rings. The fourth-order valence-electron chi connectivity index (χ4n) is 4.49. The molecule has 0 amide bonds. The molecule has 0 bridgehead atoms. The van der Waals surface area contributed by atoms with Crippen molar-refractivity contribution in [2.45, 2.75) is 0 Å². The Morgan fingerprint density at radius 3 is 2.09 bits per heavy atom. The molecule has 3 heterocycles. The van der Waals surface area contributed by atoms with Gasteiger partial charge < -0.3 is 13.8 Å². The topological polar surface area (TPSA) is 39.2 Å². The van der Waals surface area contributed by atoms with Gasteiger partial charge in [0.2, 0.25) is 0 Å². The fourth-order valence-corrected chi connectivity index (χ4v) is 4.49. The van der Waals surface area contributed by atoms with Crippen LogP contribution in [0.3, 0.4) is 0 Å². The van der Waals surface area contributed by atoms with Gasteiger partial charge in [-0.05, 0) is 47.7 Å². The van der Waals surface area contributed by atoms with Crippen LogP contribution in [0, 0.1) is 6.07 Å². The molecule has 0 aliphatic carbocycles. The van der Waals surface area contributed by atoms with E-state index in [9.17, 15) is 0 Å². The van der Waals surface area contributed by atoms with E-state index < -0.39 is 0 Å². The van der Waals surface area contributed by atoms with Crippen LogP contribution in [0.25, 0.3) is 66.3 Å². The van der Waals surface area contributed by atoms with Gasteiger partial charge in [-0.15, -0.1) is 35.4 Å². The number of nitrogens with zero attached hydrogens (tertiary/aromatic N) is 1. The molecule has 4 heteroatoms. The maximum absolute atomic E-state index is 6.20. The predicted molar refractivity (Wildman–Crippen MR) is 129 cm³/mol. The number of para-hydroxylation sites is 1. The summed E-state index contributed by atoms with van der Waals surface area (Å²) in [5, 5.41) is 4.31. The molecule has 3 aromatic heterocycles. The van der Waals surface area contributed by atoms with Gasteiger partial charge in [0.05, 0.1) is 0 Å². The first-order valence-corrected chi connectivity index (χ1v) is 10.5. The number of furan rings is 2. The summed E-state index contributed by atoms with van der Waals surface area (Å²) in [5.41, 5.74) is 7.63. The third-order valence-electron chi connectivity index (χ3n) is 6.04. The number of pyridine rings is 1. The Kier molecular flexibility index (Phi) is 4.65. The smallest absolute Gasteiger partial charge is 0.136 e. The summed E-state index contributed by atoms with van der Waals surface area (Å²) >= 11 is 0. The molecular formula is C29H16IrNO2-. The Morgan fingerprint density at radius 1 is 0.576 bits per heavy atom. The summed E-state index contributed by atoms with van der Waals surface area (Å²) in [6.07, 6.45) is 1.80. The fraction of sp³-hybridized carbons (Fsp3) is 0. The van der Waals surface area contributed by atoms with E-state index in [1.807, 2.05) is 48.5 Å². The normalized spacial score (nSPS) is 11.4. The van der Waals surface area contributed by atoms with Crippen LogP contribution < -0.4 is 0 Å². The monoisotopic (exact) mass is 603 g/mol. The maximum Gasteiger partial charge on any atom is 0.136 e. The number of fused-ring (bicyclic) bond motifs is 6. The number of rotatable bonds is 2. The summed E-state index contributed by atoms with van der Waals surface area (Å²) in [6.45, 7) is 0. The minimum Gasteiger partial charge on any atom is -0.456 e. The van der Waals surface area contributed by atoms with Crippen LogP contribution in [0.4, 0.5) is 0 Å². The summed E-state index contributed by atoms with van der Waals surface area (Å²) in [5.74, 6) is 0. The standard InChI is InChI=1S/C29H16NO2.Ir/c1-2-10-26-21(8-1)23-16-29-24(17-28(23)31-26)22-15-19(11-12-27(22)32-29)18-6-5-7-20(14-18)25-9-3-4-13-30-25;/h1-6,8-17H;/q-1;. The van der Waals surface area contributed by atoms with Crippen molar-refractivity contribution in [3.63, 3.8) is 0 Å². The van der Waals surface area contributed by atoms with E-state index in [2.05, 4.69) is 53.5 Å². The Bertz CT molecular complexity index is 1780. The van der Waals surface area contributed by atoms with E-state index in [1.54, 1.807) is 6.20 Å². The van der Waals surface area contributed by atoms with Crippen LogP contribution in [-0.4, -0.2) is 4.98 Å². The van der Waals surface area contributed by atoms with Crippen LogP contribution >= 0.6 is 0 Å².